The Bertz CT molecular complexity index is 1140. The predicted molar refractivity (Wildman–Crippen MR) is 113 cm³/mol. The molecule has 9 heteroatoms. The van der Waals surface area contributed by atoms with Gasteiger partial charge in [0.15, 0.2) is 0 Å². The Kier molecular flexibility index (Phi) is 7.21. The molecule has 0 atom stereocenters. The molecular formula is C20H16CuN6O2-. The zero-order valence-corrected chi connectivity index (χ0v) is 15.9. The first-order valence-electron chi connectivity index (χ1n) is 8.21. The Balaban J connectivity index is 0.000000568. The summed E-state index contributed by atoms with van der Waals surface area (Å²) in [4.78, 5) is 24.0. The van der Waals surface area contributed by atoms with E-state index in [1.807, 2.05) is 42.5 Å². The molecule has 0 spiro atoms. The maximum atomic E-state index is 8.00. The zero-order valence-electron chi connectivity index (χ0n) is 15.0. The summed E-state index contributed by atoms with van der Waals surface area (Å²) < 4.78 is 0. The first kappa shape index (κ1) is 21.8. The van der Waals surface area contributed by atoms with Gasteiger partial charge in [-0.05, 0) is 72.8 Å². The largest absolute Gasteiger partial charge is 1.00 e. The molecule has 5 rings (SSSR count). The van der Waals surface area contributed by atoms with Crippen molar-refractivity contribution in [3.63, 3.8) is 0 Å². The minimum absolute atomic E-state index is 0. The number of hydrogen-bond donors (Lipinski definition) is 2. The van der Waals surface area contributed by atoms with Crippen LogP contribution in [0.25, 0.3) is 52.5 Å². The van der Waals surface area contributed by atoms with Crippen molar-refractivity contribution < 1.29 is 17.1 Å². The van der Waals surface area contributed by atoms with E-state index in [-0.39, 0.29) is 23.2 Å². The van der Waals surface area contributed by atoms with Crippen LogP contribution in [0.1, 0.15) is 22.8 Å². The molecule has 3 aromatic heterocycles. The summed E-state index contributed by atoms with van der Waals surface area (Å²) in [6.45, 7) is 0. The van der Waals surface area contributed by atoms with E-state index in [1.54, 1.807) is 0 Å². The third-order valence-electron chi connectivity index (χ3n) is 4.04. The Morgan fingerprint density at radius 1 is 0.655 bits per heavy atom. The van der Waals surface area contributed by atoms with Crippen molar-refractivity contribution in [2.45, 2.75) is 0 Å². The van der Waals surface area contributed by atoms with Crippen LogP contribution in [0.5, 0.6) is 0 Å². The van der Waals surface area contributed by atoms with E-state index in [9.17, 15) is 0 Å². The van der Waals surface area contributed by atoms with E-state index in [4.69, 9.17) is 10.1 Å². The Labute approximate surface area is 176 Å². The second-order valence-corrected chi connectivity index (χ2v) is 5.98. The second-order valence-electron chi connectivity index (χ2n) is 5.98. The van der Waals surface area contributed by atoms with Gasteiger partial charge in [0.1, 0.15) is 0 Å². The predicted octanol–water partition coefficient (Wildman–Crippen LogP) is 5.62. The van der Waals surface area contributed by atoms with Crippen LogP contribution in [0.15, 0.2) is 53.9 Å². The second kappa shape index (κ2) is 9.61. The van der Waals surface area contributed by atoms with Gasteiger partial charge in [0.05, 0.1) is 22.8 Å². The molecule has 0 unspecified atom stereocenters. The van der Waals surface area contributed by atoms with Crippen LogP contribution in [0.2, 0.25) is 0 Å². The van der Waals surface area contributed by atoms with Crippen molar-refractivity contribution in [1.82, 2.24) is 19.9 Å². The van der Waals surface area contributed by atoms with Crippen molar-refractivity contribution in [3.8, 4) is 0 Å². The van der Waals surface area contributed by atoms with Gasteiger partial charge in [-0.25, -0.2) is 9.97 Å². The number of nitrogens with zero attached hydrogens (tertiary/aromatic N) is 3. The number of fused-ring (bicyclic) bond motifs is 8. The summed E-state index contributed by atoms with van der Waals surface area (Å²) >= 11 is 0. The summed E-state index contributed by atoms with van der Waals surface area (Å²) in [5, 5.41) is 9.00. The third kappa shape index (κ3) is 5.26. The number of nitrogens with one attached hydrogen (secondary N) is 2. The molecule has 0 fully saturated rings. The minimum Gasteiger partial charge on any atom is -0.693 e. The maximum absolute atomic E-state index is 8.00. The molecule has 0 aliphatic carbocycles. The van der Waals surface area contributed by atoms with Crippen molar-refractivity contribution in [2.75, 3.05) is 0 Å². The monoisotopic (exact) mass is 435 g/mol. The molecule has 4 N–H and O–H groups in total. The minimum atomic E-state index is 0. The molecule has 3 aromatic rings. The van der Waals surface area contributed by atoms with Crippen LogP contribution >= 0.6 is 0 Å². The Hall–Kier alpha value is -3.52. The van der Waals surface area contributed by atoms with Gasteiger partial charge in [-0.15, -0.1) is 5.34 Å². The van der Waals surface area contributed by atoms with Crippen molar-refractivity contribution in [2.24, 2.45) is 5.34 Å². The molecule has 0 radical (unpaired) electrons. The number of aromatic amines is 2. The molecule has 2 aliphatic heterocycles. The fraction of sp³-hybridized carbons (Fsp3) is 0. The van der Waals surface area contributed by atoms with Gasteiger partial charge in [0.25, 0.3) is 0 Å². The van der Waals surface area contributed by atoms with Crippen LogP contribution < -0.4 is 0 Å². The number of hydrogen-bond acceptors (Lipinski definition) is 5. The van der Waals surface area contributed by atoms with Crippen molar-refractivity contribution in [1.29, 1.82) is 0 Å². The normalized spacial score (nSPS) is 10.9. The summed E-state index contributed by atoms with van der Waals surface area (Å²) in [7, 11) is 0. The summed E-state index contributed by atoms with van der Waals surface area (Å²) in [5.41, 5.74) is 7.86. The van der Waals surface area contributed by atoms with E-state index >= 15 is 0 Å². The molecule has 0 aromatic carbocycles. The molecule has 0 amide bonds. The first-order chi connectivity index (χ1) is 13.2. The van der Waals surface area contributed by atoms with Gasteiger partial charge in [0.2, 0.25) is 0 Å². The molecular weight excluding hydrogens is 420 g/mol. The molecule has 8 bridgehead atoms. The average Bonchev–Trinajstić information content (AvgIpc) is 3.41. The van der Waals surface area contributed by atoms with Gasteiger partial charge < -0.3 is 26.2 Å². The quantitative estimate of drug-likeness (QED) is 0.184. The Morgan fingerprint density at radius 2 is 0.966 bits per heavy atom. The fourth-order valence-corrected chi connectivity index (χ4v) is 2.94. The van der Waals surface area contributed by atoms with Crippen LogP contribution in [0.4, 0.5) is 0 Å². The summed E-state index contributed by atoms with van der Waals surface area (Å²) in [6.07, 6.45) is 8.05. The molecule has 0 saturated heterocycles. The van der Waals surface area contributed by atoms with Gasteiger partial charge in [-0.3, -0.25) is 0 Å². The van der Waals surface area contributed by atoms with Crippen molar-refractivity contribution >= 4 is 46.4 Å². The molecule has 0 saturated carbocycles. The van der Waals surface area contributed by atoms with Gasteiger partial charge in [-0.1, -0.05) is 0 Å². The first-order valence-corrected chi connectivity index (χ1v) is 8.21. The number of aromatic nitrogens is 4. The van der Waals surface area contributed by atoms with Crippen LogP contribution in [-0.2, 0) is 17.1 Å². The molecule has 2 aliphatic rings. The Morgan fingerprint density at radius 3 is 1.34 bits per heavy atom. The summed E-state index contributed by atoms with van der Waals surface area (Å²) in [5.74, 6) is 0. The SMILES string of the molecule is C1=Cc2cc3ccc(cc4ccc(cc5nc(cc1n2)C=C5)[nH]4)[nH]3.O=N[O-].[Cu+].[NH2-]. The summed E-state index contributed by atoms with van der Waals surface area (Å²) in [6, 6.07) is 16.4. The van der Waals surface area contributed by atoms with Crippen LogP contribution in [0, 0.1) is 10.1 Å². The molecule has 8 nitrogen and oxygen atoms in total. The molecule has 5 heterocycles. The van der Waals surface area contributed by atoms with Crippen molar-refractivity contribution in [3.05, 3.63) is 87.6 Å². The van der Waals surface area contributed by atoms with E-state index in [0.717, 1.165) is 50.2 Å². The van der Waals surface area contributed by atoms with Gasteiger partial charge >= 0.3 is 17.1 Å². The van der Waals surface area contributed by atoms with Gasteiger partial charge in [-0.2, -0.15) is 0 Å². The van der Waals surface area contributed by atoms with Crippen LogP contribution in [-0.4, -0.2) is 19.9 Å². The number of nitrogens with two attached hydrogens (primary N) is 1. The van der Waals surface area contributed by atoms with Crippen LogP contribution in [0.3, 0.4) is 0 Å². The van der Waals surface area contributed by atoms with E-state index in [1.165, 1.54) is 0 Å². The molecule has 29 heavy (non-hydrogen) atoms. The average molecular weight is 436 g/mol. The third-order valence-corrected chi connectivity index (χ3v) is 4.04. The van der Waals surface area contributed by atoms with E-state index in [2.05, 4.69) is 50.3 Å². The smallest absolute Gasteiger partial charge is 0.693 e. The fourth-order valence-electron chi connectivity index (χ4n) is 2.94. The van der Waals surface area contributed by atoms with E-state index < -0.39 is 0 Å². The number of rotatable bonds is 0. The van der Waals surface area contributed by atoms with E-state index in [0.29, 0.717) is 0 Å². The molecule has 150 valence electrons. The maximum Gasteiger partial charge on any atom is 1.00 e. The standard InChI is InChI=1S/C20H14N4.Cu.HNO2.H2N/c1-2-14-10-16-5-6-18(23-16)12-20-8-7-19(24-20)11-17-4-3-15(22-17)9-13(1)21-14;;2-1-3;/h1-12,21-22H;;(H,2,3);1H2/q;+1;;-1/p-1. The number of H-pyrrole nitrogens is 2. The topological polar surface area (TPSA) is 143 Å². The van der Waals surface area contributed by atoms with Gasteiger partial charge in [0, 0.05) is 22.1 Å². The zero-order chi connectivity index (χ0) is 18.6.